The van der Waals surface area contributed by atoms with Crippen LogP contribution in [-0.2, 0) is 0 Å². The zero-order chi connectivity index (χ0) is 10.6. The SMILES string of the molecule is N#CC1(N2CCCC2)CCCCCCC1. The summed E-state index contributed by atoms with van der Waals surface area (Å²) < 4.78 is 0. The van der Waals surface area contributed by atoms with Crippen molar-refractivity contribution in [2.45, 2.75) is 63.3 Å². The van der Waals surface area contributed by atoms with Crippen LogP contribution in [0.3, 0.4) is 0 Å². The van der Waals surface area contributed by atoms with Crippen molar-refractivity contribution < 1.29 is 0 Å². The molecule has 0 unspecified atom stereocenters. The average molecular weight is 206 g/mol. The minimum atomic E-state index is -0.0864. The number of likely N-dealkylation sites (tertiary alicyclic amines) is 1. The molecule has 15 heavy (non-hydrogen) atoms. The molecule has 0 amide bonds. The molecule has 0 spiro atoms. The smallest absolute Gasteiger partial charge is 0.109 e. The molecule has 0 aromatic heterocycles. The van der Waals surface area contributed by atoms with E-state index in [4.69, 9.17) is 0 Å². The molecule has 2 aliphatic rings. The molecule has 2 heteroatoms. The van der Waals surface area contributed by atoms with Gasteiger partial charge in [-0.25, -0.2) is 0 Å². The van der Waals surface area contributed by atoms with Gasteiger partial charge in [0.25, 0.3) is 0 Å². The molecule has 0 aromatic carbocycles. The van der Waals surface area contributed by atoms with E-state index >= 15 is 0 Å². The van der Waals surface area contributed by atoms with Gasteiger partial charge >= 0.3 is 0 Å². The minimum Gasteiger partial charge on any atom is -0.286 e. The standard InChI is InChI=1S/C13H22N2/c14-12-13(15-10-6-7-11-15)8-4-2-1-3-5-9-13/h1-11H2. The van der Waals surface area contributed by atoms with Crippen LogP contribution in [0.25, 0.3) is 0 Å². The van der Waals surface area contributed by atoms with Gasteiger partial charge < -0.3 is 0 Å². The Balaban J connectivity index is 2.06. The normalized spacial score (nSPS) is 27.9. The van der Waals surface area contributed by atoms with Crippen molar-refractivity contribution in [1.29, 1.82) is 5.26 Å². The first kappa shape index (κ1) is 11.0. The van der Waals surface area contributed by atoms with Crippen molar-refractivity contribution in [3.8, 4) is 6.07 Å². The van der Waals surface area contributed by atoms with E-state index in [1.165, 1.54) is 44.9 Å². The molecular formula is C13H22N2. The van der Waals surface area contributed by atoms with Crippen LogP contribution < -0.4 is 0 Å². The van der Waals surface area contributed by atoms with Gasteiger partial charge in [0.15, 0.2) is 0 Å². The van der Waals surface area contributed by atoms with E-state index in [2.05, 4.69) is 11.0 Å². The summed E-state index contributed by atoms with van der Waals surface area (Å²) in [5.74, 6) is 0. The third-order valence-electron chi connectivity index (χ3n) is 4.10. The lowest BCUT2D eigenvalue weighted by Crippen LogP contribution is -2.46. The summed E-state index contributed by atoms with van der Waals surface area (Å²) in [4.78, 5) is 2.47. The molecule has 1 heterocycles. The molecule has 84 valence electrons. The minimum absolute atomic E-state index is 0.0864. The quantitative estimate of drug-likeness (QED) is 0.659. The van der Waals surface area contributed by atoms with Crippen LogP contribution >= 0.6 is 0 Å². The Hall–Kier alpha value is -0.550. The van der Waals surface area contributed by atoms with Gasteiger partial charge in [0, 0.05) is 0 Å². The third-order valence-corrected chi connectivity index (χ3v) is 4.10. The van der Waals surface area contributed by atoms with Crippen molar-refractivity contribution in [3.63, 3.8) is 0 Å². The topological polar surface area (TPSA) is 27.0 Å². The summed E-state index contributed by atoms with van der Waals surface area (Å²) in [5, 5.41) is 9.53. The lowest BCUT2D eigenvalue weighted by molar-refractivity contribution is 0.138. The molecule has 0 bridgehead atoms. The second-order valence-electron chi connectivity index (χ2n) is 5.11. The number of hydrogen-bond donors (Lipinski definition) is 0. The molecule has 2 rings (SSSR count). The van der Waals surface area contributed by atoms with Crippen molar-refractivity contribution in [1.82, 2.24) is 4.90 Å². The maximum atomic E-state index is 9.53. The molecule has 2 nitrogen and oxygen atoms in total. The zero-order valence-electron chi connectivity index (χ0n) is 9.67. The van der Waals surface area contributed by atoms with E-state index in [1.54, 1.807) is 0 Å². The number of nitrogens with zero attached hydrogens (tertiary/aromatic N) is 2. The molecule has 2 fully saturated rings. The highest BCUT2D eigenvalue weighted by atomic mass is 15.2. The largest absolute Gasteiger partial charge is 0.286 e. The van der Waals surface area contributed by atoms with Crippen LogP contribution in [0.1, 0.15) is 57.8 Å². The van der Waals surface area contributed by atoms with Crippen molar-refractivity contribution >= 4 is 0 Å². The highest BCUT2D eigenvalue weighted by molar-refractivity contribution is 5.09. The van der Waals surface area contributed by atoms with E-state index in [0.717, 1.165) is 25.9 Å². The fraction of sp³-hybridized carbons (Fsp3) is 0.923. The van der Waals surface area contributed by atoms with Crippen LogP contribution in [0.4, 0.5) is 0 Å². The van der Waals surface area contributed by atoms with Gasteiger partial charge in [0.05, 0.1) is 6.07 Å². The summed E-state index contributed by atoms with van der Waals surface area (Å²) in [6.45, 7) is 2.32. The van der Waals surface area contributed by atoms with E-state index in [9.17, 15) is 5.26 Å². The molecule has 0 atom stereocenters. The molecule has 1 aliphatic heterocycles. The van der Waals surface area contributed by atoms with Crippen molar-refractivity contribution in [3.05, 3.63) is 0 Å². The molecule has 0 radical (unpaired) electrons. The van der Waals surface area contributed by atoms with Gasteiger partial charge in [-0.15, -0.1) is 0 Å². The number of hydrogen-bond acceptors (Lipinski definition) is 2. The van der Waals surface area contributed by atoms with Crippen LogP contribution in [-0.4, -0.2) is 23.5 Å². The summed E-state index contributed by atoms with van der Waals surface area (Å²) in [6.07, 6.45) is 11.4. The van der Waals surface area contributed by atoms with E-state index in [0.29, 0.717) is 0 Å². The Morgan fingerprint density at radius 3 is 1.87 bits per heavy atom. The lowest BCUT2D eigenvalue weighted by Gasteiger charge is -2.37. The van der Waals surface area contributed by atoms with E-state index in [1.807, 2.05) is 0 Å². The zero-order valence-corrected chi connectivity index (χ0v) is 9.67. The Kier molecular flexibility index (Phi) is 3.64. The monoisotopic (exact) mass is 206 g/mol. The summed E-state index contributed by atoms with van der Waals surface area (Å²) in [5.41, 5.74) is -0.0864. The van der Waals surface area contributed by atoms with Crippen molar-refractivity contribution in [2.24, 2.45) is 0 Å². The predicted molar refractivity (Wildman–Crippen MR) is 61.5 cm³/mol. The third kappa shape index (κ3) is 2.34. The molecule has 1 aliphatic carbocycles. The van der Waals surface area contributed by atoms with Crippen LogP contribution in [0, 0.1) is 11.3 Å². The Bertz CT molecular complexity index is 227. The van der Waals surface area contributed by atoms with Gasteiger partial charge in [0.1, 0.15) is 5.54 Å². The summed E-state index contributed by atoms with van der Waals surface area (Å²) in [6, 6.07) is 2.65. The molecule has 1 saturated heterocycles. The fourth-order valence-electron chi connectivity index (χ4n) is 3.13. The Labute approximate surface area is 93.3 Å². The fourth-order valence-corrected chi connectivity index (χ4v) is 3.13. The van der Waals surface area contributed by atoms with Crippen molar-refractivity contribution in [2.75, 3.05) is 13.1 Å². The second-order valence-corrected chi connectivity index (χ2v) is 5.11. The van der Waals surface area contributed by atoms with Crippen LogP contribution in [0.15, 0.2) is 0 Å². The Morgan fingerprint density at radius 2 is 1.33 bits per heavy atom. The summed E-state index contributed by atoms with van der Waals surface area (Å²) in [7, 11) is 0. The van der Waals surface area contributed by atoms with Gasteiger partial charge in [-0.05, 0) is 38.8 Å². The van der Waals surface area contributed by atoms with Gasteiger partial charge in [-0.1, -0.05) is 32.1 Å². The maximum absolute atomic E-state index is 9.53. The first-order chi connectivity index (χ1) is 7.37. The molecule has 0 N–H and O–H groups in total. The van der Waals surface area contributed by atoms with Crippen LogP contribution in [0.2, 0.25) is 0 Å². The second kappa shape index (κ2) is 4.99. The first-order valence-electron chi connectivity index (χ1n) is 6.54. The molecule has 1 saturated carbocycles. The highest BCUT2D eigenvalue weighted by Crippen LogP contribution is 2.33. The van der Waals surface area contributed by atoms with Gasteiger partial charge in [-0.3, -0.25) is 4.90 Å². The summed E-state index contributed by atoms with van der Waals surface area (Å²) >= 11 is 0. The van der Waals surface area contributed by atoms with Gasteiger partial charge in [0.2, 0.25) is 0 Å². The average Bonchev–Trinajstić information content (AvgIpc) is 2.72. The molecular weight excluding hydrogens is 184 g/mol. The van der Waals surface area contributed by atoms with E-state index in [-0.39, 0.29) is 5.54 Å². The first-order valence-corrected chi connectivity index (χ1v) is 6.54. The predicted octanol–water partition coefficient (Wildman–Crippen LogP) is 3.09. The molecule has 0 aromatic rings. The lowest BCUT2D eigenvalue weighted by atomic mass is 9.84. The Morgan fingerprint density at radius 1 is 0.800 bits per heavy atom. The number of rotatable bonds is 1. The van der Waals surface area contributed by atoms with Crippen LogP contribution in [0.5, 0.6) is 0 Å². The highest BCUT2D eigenvalue weighted by Gasteiger charge is 2.37. The number of nitriles is 1. The van der Waals surface area contributed by atoms with Gasteiger partial charge in [-0.2, -0.15) is 5.26 Å². The van der Waals surface area contributed by atoms with E-state index < -0.39 is 0 Å². The maximum Gasteiger partial charge on any atom is 0.109 e.